The van der Waals surface area contributed by atoms with Crippen LogP contribution >= 0.6 is 11.6 Å². The Morgan fingerprint density at radius 1 is 1.37 bits per heavy atom. The topological polar surface area (TPSA) is 73.8 Å². The molecule has 8 heteroatoms. The van der Waals surface area contributed by atoms with E-state index in [1.165, 1.54) is 11.8 Å². The van der Waals surface area contributed by atoms with Crippen LogP contribution in [-0.2, 0) is 16.4 Å². The molecule has 2 rings (SSSR count). The van der Waals surface area contributed by atoms with Gasteiger partial charge in [-0.15, -0.1) is 0 Å². The van der Waals surface area contributed by atoms with Crippen molar-refractivity contribution in [3.05, 3.63) is 34.9 Å². The van der Waals surface area contributed by atoms with E-state index in [2.05, 4.69) is 35.5 Å². The minimum Gasteiger partial charge on any atom is -0.356 e. The summed E-state index contributed by atoms with van der Waals surface area (Å²) in [4.78, 5) is 4.28. The van der Waals surface area contributed by atoms with Crippen molar-refractivity contribution in [3.63, 3.8) is 0 Å². The maximum atomic E-state index is 11.6. The van der Waals surface area contributed by atoms with Gasteiger partial charge in [-0.25, -0.2) is 12.7 Å². The molecule has 2 N–H and O–H groups in total. The quantitative estimate of drug-likeness (QED) is 0.530. The zero-order chi connectivity index (χ0) is 20.1. The molecule has 6 nitrogen and oxygen atoms in total. The molecule has 1 heterocycles. The largest absolute Gasteiger partial charge is 0.356 e. The minimum absolute atomic E-state index is 0.0305. The highest BCUT2D eigenvalue weighted by Gasteiger charge is 2.28. The number of rotatable bonds is 7. The third-order valence-corrected chi connectivity index (χ3v) is 6.31. The lowest BCUT2D eigenvalue weighted by atomic mass is 9.86. The summed E-state index contributed by atoms with van der Waals surface area (Å²) in [5.74, 6) is 1.05. The molecule has 1 aliphatic heterocycles. The average Bonchev–Trinajstić information content (AvgIpc) is 3.04. The van der Waals surface area contributed by atoms with Gasteiger partial charge < -0.3 is 10.6 Å². The van der Waals surface area contributed by atoms with Crippen LogP contribution in [0.4, 0.5) is 0 Å². The van der Waals surface area contributed by atoms with Gasteiger partial charge in [-0.05, 0) is 41.9 Å². The molecule has 0 aromatic heterocycles. The Kier molecular flexibility index (Phi) is 7.54. The van der Waals surface area contributed by atoms with Crippen molar-refractivity contribution in [1.29, 1.82) is 0 Å². The zero-order valence-electron chi connectivity index (χ0n) is 16.6. The number of guanidine groups is 1. The Balaban J connectivity index is 1.79. The fourth-order valence-electron chi connectivity index (χ4n) is 3.31. The molecule has 0 amide bonds. The Bertz CT molecular complexity index is 765. The van der Waals surface area contributed by atoms with Crippen LogP contribution in [0.2, 0.25) is 5.02 Å². The Morgan fingerprint density at radius 2 is 2.11 bits per heavy atom. The van der Waals surface area contributed by atoms with Gasteiger partial charge in [0.2, 0.25) is 10.0 Å². The maximum absolute atomic E-state index is 11.6. The third kappa shape index (κ3) is 7.31. The SMILES string of the molecule is CN=C(NCC1CCN(S(C)(=O)=O)C1)NCC(C)(C)Cc1cccc(Cl)c1. The van der Waals surface area contributed by atoms with Crippen LogP contribution in [0.5, 0.6) is 0 Å². The predicted octanol–water partition coefficient (Wildman–Crippen LogP) is 2.36. The molecule has 1 aromatic carbocycles. The van der Waals surface area contributed by atoms with Crippen molar-refractivity contribution in [1.82, 2.24) is 14.9 Å². The van der Waals surface area contributed by atoms with Gasteiger partial charge in [0.25, 0.3) is 0 Å². The number of benzene rings is 1. The van der Waals surface area contributed by atoms with Crippen LogP contribution < -0.4 is 10.6 Å². The van der Waals surface area contributed by atoms with Gasteiger partial charge in [0, 0.05) is 38.2 Å². The summed E-state index contributed by atoms with van der Waals surface area (Å²) in [5.41, 5.74) is 1.24. The Morgan fingerprint density at radius 3 is 2.70 bits per heavy atom. The summed E-state index contributed by atoms with van der Waals surface area (Å²) < 4.78 is 24.8. The van der Waals surface area contributed by atoms with E-state index in [1.807, 2.05) is 18.2 Å². The van der Waals surface area contributed by atoms with E-state index in [4.69, 9.17) is 11.6 Å². The number of hydrogen-bond donors (Lipinski definition) is 2. The maximum Gasteiger partial charge on any atom is 0.211 e. The van der Waals surface area contributed by atoms with Crippen molar-refractivity contribution in [2.24, 2.45) is 16.3 Å². The van der Waals surface area contributed by atoms with E-state index >= 15 is 0 Å². The molecule has 0 aliphatic carbocycles. The second-order valence-corrected chi connectivity index (χ2v) is 10.5. The number of aliphatic imine (C=N–C) groups is 1. The smallest absolute Gasteiger partial charge is 0.211 e. The first-order valence-electron chi connectivity index (χ1n) is 9.23. The molecule has 0 bridgehead atoms. The lowest BCUT2D eigenvalue weighted by molar-refractivity contribution is 0.358. The fraction of sp³-hybridized carbons (Fsp3) is 0.632. The van der Waals surface area contributed by atoms with Crippen LogP contribution in [0.25, 0.3) is 0 Å². The van der Waals surface area contributed by atoms with Gasteiger partial charge >= 0.3 is 0 Å². The summed E-state index contributed by atoms with van der Waals surface area (Å²) in [5, 5.41) is 7.47. The van der Waals surface area contributed by atoms with E-state index in [0.29, 0.717) is 25.6 Å². The number of halogens is 1. The summed E-state index contributed by atoms with van der Waals surface area (Å²) in [7, 11) is -1.34. The van der Waals surface area contributed by atoms with Gasteiger partial charge in [-0.1, -0.05) is 37.6 Å². The molecule has 1 aromatic rings. The minimum atomic E-state index is -3.09. The van der Waals surface area contributed by atoms with E-state index in [-0.39, 0.29) is 5.41 Å². The molecule has 27 heavy (non-hydrogen) atoms. The first-order chi connectivity index (χ1) is 12.6. The van der Waals surface area contributed by atoms with Gasteiger partial charge in [-0.3, -0.25) is 4.99 Å². The lowest BCUT2D eigenvalue weighted by Crippen LogP contribution is -2.44. The van der Waals surface area contributed by atoms with Crippen LogP contribution in [0.1, 0.15) is 25.8 Å². The van der Waals surface area contributed by atoms with Crippen LogP contribution in [0, 0.1) is 11.3 Å². The molecule has 1 unspecified atom stereocenters. The van der Waals surface area contributed by atoms with Crippen molar-refractivity contribution >= 4 is 27.6 Å². The molecule has 1 aliphatic rings. The Hall–Kier alpha value is -1.31. The van der Waals surface area contributed by atoms with Gasteiger partial charge in [-0.2, -0.15) is 0 Å². The monoisotopic (exact) mass is 414 g/mol. The van der Waals surface area contributed by atoms with Crippen molar-refractivity contribution in [3.8, 4) is 0 Å². The fourth-order valence-corrected chi connectivity index (χ4v) is 4.44. The predicted molar refractivity (Wildman–Crippen MR) is 113 cm³/mol. The molecule has 1 saturated heterocycles. The normalized spacial score (nSPS) is 19.3. The highest BCUT2D eigenvalue weighted by atomic mass is 35.5. The number of nitrogens with one attached hydrogen (secondary N) is 2. The van der Waals surface area contributed by atoms with Crippen molar-refractivity contribution in [2.45, 2.75) is 26.7 Å². The third-order valence-electron chi connectivity index (χ3n) is 4.81. The molecule has 152 valence electrons. The molecule has 0 spiro atoms. The summed E-state index contributed by atoms with van der Waals surface area (Å²) in [6.07, 6.45) is 3.05. The van der Waals surface area contributed by atoms with Gasteiger partial charge in [0.1, 0.15) is 0 Å². The average molecular weight is 415 g/mol. The van der Waals surface area contributed by atoms with Crippen LogP contribution in [-0.4, -0.2) is 58.2 Å². The van der Waals surface area contributed by atoms with E-state index in [0.717, 1.165) is 30.4 Å². The number of nitrogens with zero attached hydrogens (tertiary/aromatic N) is 2. The van der Waals surface area contributed by atoms with Crippen LogP contribution in [0.3, 0.4) is 0 Å². The highest BCUT2D eigenvalue weighted by Crippen LogP contribution is 2.23. The molecular formula is C19H31ClN4O2S. The molecule has 1 atom stereocenters. The van der Waals surface area contributed by atoms with E-state index in [1.54, 1.807) is 11.4 Å². The summed E-state index contributed by atoms with van der Waals surface area (Å²) in [6.45, 7) is 7.05. The lowest BCUT2D eigenvalue weighted by Gasteiger charge is -2.26. The molecular weight excluding hydrogens is 384 g/mol. The molecule has 0 radical (unpaired) electrons. The number of hydrogen-bond acceptors (Lipinski definition) is 3. The number of sulfonamides is 1. The van der Waals surface area contributed by atoms with Gasteiger partial charge in [0.05, 0.1) is 6.26 Å². The zero-order valence-corrected chi connectivity index (χ0v) is 18.2. The summed E-state index contributed by atoms with van der Waals surface area (Å²) in [6, 6.07) is 7.96. The second-order valence-electron chi connectivity index (χ2n) is 8.05. The first kappa shape index (κ1) is 22.0. The second kappa shape index (κ2) is 9.26. The highest BCUT2D eigenvalue weighted by molar-refractivity contribution is 7.88. The summed E-state index contributed by atoms with van der Waals surface area (Å²) >= 11 is 6.08. The van der Waals surface area contributed by atoms with Crippen molar-refractivity contribution in [2.75, 3.05) is 39.5 Å². The molecule has 0 saturated carbocycles. The van der Waals surface area contributed by atoms with Gasteiger partial charge in [0.15, 0.2) is 5.96 Å². The van der Waals surface area contributed by atoms with Crippen molar-refractivity contribution < 1.29 is 8.42 Å². The first-order valence-corrected chi connectivity index (χ1v) is 11.5. The standard InChI is InChI=1S/C19H31ClN4O2S/c1-19(2,11-15-6-5-7-17(20)10-15)14-23-18(21-3)22-12-16-8-9-24(13-16)27(4,25)26/h5-7,10,16H,8-9,11-14H2,1-4H3,(H2,21,22,23). The molecule has 1 fully saturated rings. The van der Waals surface area contributed by atoms with E-state index in [9.17, 15) is 8.42 Å². The van der Waals surface area contributed by atoms with E-state index < -0.39 is 10.0 Å². The Labute approximate surface area is 168 Å². The van der Waals surface area contributed by atoms with Crippen LogP contribution in [0.15, 0.2) is 29.3 Å².